The monoisotopic (exact) mass is 323 g/mol. The number of carbonyl (C=O) groups is 1. The zero-order valence-corrected chi connectivity index (χ0v) is 12.8. The molecule has 1 aromatic rings. The average molecular weight is 323 g/mol. The number of imidazole rings is 1. The first-order valence-electron chi connectivity index (χ1n) is 7.49. The summed E-state index contributed by atoms with van der Waals surface area (Å²) in [5.41, 5.74) is 5.50. The lowest BCUT2D eigenvalue weighted by Crippen LogP contribution is -2.33. The molecule has 2 heterocycles. The lowest BCUT2D eigenvalue weighted by molar-refractivity contribution is -0.0531. The van der Waals surface area contributed by atoms with Gasteiger partial charge in [0.25, 0.3) is 5.91 Å². The average Bonchev–Trinajstić information content (AvgIpc) is 3.06. The van der Waals surface area contributed by atoms with Crippen LogP contribution >= 0.6 is 0 Å². The molecule has 1 saturated heterocycles. The fraction of sp³-hybridized carbons (Fsp3) is 0.600. The zero-order chi connectivity index (χ0) is 17.0. The Kier molecular flexibility index (Phi) is 5.74. The molecule has 126 valence electrons. The van der Waals surface area contributed by atoms with Crippen molar-refractivity contribution in [3.63, 3.8) is 0 Å². The van der Waals surface area contributed by atoms with Crippen molar-refractivity contribution in [2.45, 2.75) is 50.7 Å². The largest absolute Gasteiger partial charge is 0.394 e. The predicted molar refractivity (Wildman–Crippen MR) is 80.2 cm³/mol. The third-order valence-corrected chi connectivity index (χ3v) is 3.68. The highest BCUT2D eigenvalue weighted by molar-refractivity contribution is 5.93. The Morgan fingerprint density at radius 3 is 2.78 bits per heavy atom. The number of unbranched alkanes of at least 4 members (excludes halogenated alkanes) is 2. The molecule has 4 atom stereocenters. The van der Waals surface area contributed by atoms with E-state index in [2.05, 4.69) is 16.8 Å². The van der Waals surface area contributed by atoms with Gasteiger partial charge in [-0.15, -0.1) is 0 Å². The number of ether oxygens (including phenoxy) is 1. The molecular formula is C15H21N3O5. The van der Waals surface area contributed by atoms with E-state index in [1.54, 1.807) is 0 Å². The molecule has 1 aliphatic rings. The van der Waals surface area contributed by atoms with E-state index in [0.29, 0.717) is 6.42 Å². The van der Waals surface area contributed by atoms with Crippen LogP contribution in [0, 0.1) is 11.8 Å². The number of primary amides is 1. The molecule has 8 nitrogen and oxygen atoms in total. The van der Waals surface area contributed by atoms with Crippen molar-refractivity contribution in [3.05, 3.63) is 17.7 Å². The highest BCUT2D eigenvalue weighted by atomic mass is 16.6. The van der Waals surface area contributed by atoms with E-state index < -0.39 is 37.1 Å². The molecule has 23 heavy (non-hydrogen) atoms. The van der Waals surface area contributed by atoms with Gasteiger partial charge < -0.3 is 25.8 Å². The molecule has 1 amide bonds. The number of carbonyl (C=O) groups excluding carboxylic acids is 1. The molecule has 0 bridgehead atoms. The summed E-state index contributed by atoms with van der Waals surface area (Å²) in [6.07, 6.45) is -0.607. The summed E-state index contributed by atoms with van der Waals surface area (Å²) in [6.45, 7) is 1.60. The maximum absolute atomic E-state index is 11.5. The van der Waals surface area contributed by atoms with Crippen LogP contribution in [0.4, 0.5) is 0 Å². The zero-order valence-electron chi connectivity index (χ0n) is 12.8. The van der Waals surface area contributed by atoms with Gasteiger partial charge in [0.15, 0.2) is 11.9 Å². The van der Waals surface area contributed by atoms with Crippen molar-refractivity contribution >= 4 is 5.91 Å². The van der Waals surface area contributed by atoms with Crippen LogP contribution in [0.1, 0.15) is 48.6 Å². The lowest BCUT2D eigenvalue weighted by Gasteiger charge is -2.17. The third kappa shape index (κ3) is 3.54. The molecule has 0 aromatic carbocycles. The standard InChI is InChI=1S/C15H21N3O5/c1-2-3-4-5-6-9-11(14(16)22)17-8-18(9)15-13(21)12(20)10(7-19)23-15/h8,10,12-13,15,19-21H,2-4,7H2,1H3,(H2,16,22)/t10-,12-,13-,15?/m1/s1. The smallest absolute Gasteiger partial charge is 0.270 e. The maximum Gasteiger partial charge on any atom is 0.270 e. The number of nitrogens with zero attached hydrogens (tertiary/aromatic N) is 2. The van der Waals surface area contributed by atoms with Gasteiger partial charge in [-0.05, 0) is 12.3 Å². The van der Waals surface area contributed by atoms with E-state index in [9.17, 15) is 15.0 Å². The van der Waals surface area contributed by atoms with E-state index in [4.69, 9.17) is 15.6 Å². The second-order valence-corrected chi connectivity index (χ2v) is 5.35. The molecule has 1 aromatic heterocycles. The van der Waals surface area contributed by atoms with Crippen LogP contribution in [-0.4, -0.2) is 55.7 Å². The molecule has 0 spiro atoms. The summed E-state index contributed by atoms with van der Waals surface area (Å²) >= 11 is 0. The van der Waals surface area contributed by atoms with E-state index in [-0.39, 0.29) is 11.4 Å². The van der Waals surface area contributed by atoms with Crippen LogP contribution in [0.25, 0.3) is 0 Å². The van der Waals surface area contributed by atoms with Gasteiger partial charge in [-0.25, -0.2) is 4.98 Å². The van der Waals surface area contributed by atoms with Crippen molar-refractivity contribution in [1.82, 2.24) is 9.55 Å². The normalized spacial score (nSPS) is 26.8. The fourth-order valence-electron chi connectivity index (χ4n) is 2.38. The van der Waals surface area contributed by atoms with Gasteiger partial charge in [0.05, 0.1) is 12.9 Å². The first kappa shape index (κ1) is 17.4. The highest BCUT2D eigenvalue weighted by Gasteiger charge is 2.44. The fourth-order valence-corrected chi connectivity index (χ4v) is 2.38. The second-order valence-electron chi connectivity index (χ2n) is 5.35. The molecular weight excluding hydrogens is 302 g/mol. The molecule has 8 heteroatoms. The molecule has 2 rings (SSSR count). The first-order chi connectivity index (χ1) is 11.0. The van der Waals surface area contributed by atoms with Crippen molar-refractivity contribution < 1.29 is 24.9 Å². The second kappa shape index (κ2) is 7.57. The van der Waals surface area contributed by atoms with Gasteiger partial charge in [-0.1, -0.05) is 19.3 Å². The summed E-state index contributed by atoms with van der Waals surface area (Å²) in [6, 6.07) is 0. The Morgan fingerprint density at radius 2 is 2.22 bits per heavy atom. The molecule has 0 aliphatic carbocycles. The Morgan fingerprint density at radius 1 is 1.48 bits per heavy atom. The highest BCUT2D eigenvalue weighted by Crippen LogP contribution is 2.30. The molecule has 1 unspecified atom stereocenters. The third-order valence-electron chi connectivity index (χ3n) is 3.68. The van der Waals surface area contributed by atoms with Crippen LogP contribution in [0.3, 0.4) is 0 Å². The van der Waals surface area contributed by atoms with Gasteiger partial charge in [-0.2, -0.15) is 0 Å². The van der Waals surface area contributed by atoms with E-state index in [1.807, 2.05) is 6.92 Å². The van der Waals surface area contributed by atoms with Gasteiger partial charge in [0.2, 0.25) is 0 Å². The molecule has 1 aliphatic heterocycles. The number of hydrogen-bond acceptors (Lipinski definition) is 6. The number of amides is 1. The summed E-state index contributed by atoms with van der Waals surface area (Å²) in [5.74, 6) is 5.03. The Labute approximate surface area is 133 Å². The minimum absolute atomic E-state index is 0.0215. The molecule has 0 radical (unpaired) electrons. The van der Waals surface area contributed by atoms with Crippen LogP contribution in [0.15, 0.2) is 6.33 Å². The number of hydrogen-bond donors (Lipinski definition) is 4. The number of rotatable bonds is 5. The topological polar surface area (TPSA) is 131 Å². The molecule has 1 fully saturated rings. The number of aliphatic hydroxyl groups excluding tert-OH is 3. The SMILES string of the molecule is CCCCC#Cc1c(C(N)=O)ncn1C1O[C@H](CO)[C@@H](O)[C@H]1O. The quantitative estimate of drug-likeness (QED) is 0.412. The Hall–Kier alpha value is -1.92. The first-order valence-corrected chi connectivity index (χ1v) is 7.49. The van der Waals surface area contributed by atoms with Gasteiger partial charge in [0.1, 0.15) is 24.0 Å². The van der Waals surface area contributed by atoms with E-state index >= 15 is 0 Å². The number of aliphatic hydroxyl groups is 3. The van der Waals surface area contributed by atoms with E-state index in [0.717, 1.165) is 12.8 Å². The van der Waals surface area contributed by atoms with Crippen LogP contribution in [0.2, 0.25) is 0 Å². The number of aromatic nitrogens is 2. The maximum atomic E-state index is 11.5. The van der Waals surface area contributed by atoms with E-state index in [1.165, 1.54) is 10.9 Å². The molecule has 5 N–H and O–H groups in total. The summed E-state index contributed by atoms with van der Waals surface area (Å²) in [7, 11) is 0. The summed E-state index contributed by atoms with van der Waals surface area (Å²) < 4.78 is 6.80. The predicted octanol–water partition coefficient (Wildman–Crippen LogP) is -0.865. The van der Waals surface area contributed by atoms with Crippen molar-refractivity contribution in [2.24, 2.45) is 5.73 Å². The Balaban J connectivity index is 2.34. The van der Waals surface area contributed by atoms with Crippen molar-refractivity contribution in [2.75, 3.05) is 6.61 Å². The van der Waals surface area contributed by atoms with Gasteiger partial charge in [0, 0.05) is 6.42 Å². The Bertz CT molecular complexity index is 618. The lowest BCUT2D eigenvalue weighted by atomic mass is 10.1. The van der Waals surface area contributed by atoms with Crippen LogP contribution < -0.4 is 5.73 Å². The summed E-state index contributed by atoms with van der Waals surface area (Å²) in [5, 5.41) is 29.1. The molecule has 0 saturated carbocycles. The van der Waals surface area contributed by atoms with Crippen molar-refractivity contribution in [3.8, 4) is 11.8 Å². The minimum Gasteiger partial charge on any atom is -0.394 e. The van der Waals surface area contributed by atoms with Crippen molar-refractivity contribution in [1.29, 1.82) is 0 Å². The van der Waals surface area contributed by atoms with Gasteiger partial charge >= 0.3 is 0 Å². The van der Waals surface area contributed by atoms with Gasteiger partial charge in [-0.3, -0.25) is 9.36 Å². The van der Waals surface area contributed by atoms with Crippen LogP contribution in [-0.2, 0) is 4.74 Å². The van der Waals surface area contributed by atoms with Crippen LogP contribution in [0.5, 0.6) is 0 Å². The number of nitrogens with two attached hydrogens (primary N) is 1. The minimum atomic E-state index is -1.28. The summed E-state index contributed by atoms with van der Waals surface area (Å²) in [4.78, 5) is 15.4.